The quantitative estimate of drug-likeness (QED) is 0.810. The number of pyridine rings is 1. The van der Waals surface area contributed by atoms with Crippen LogP contribution in [0.4, 0.5) is 8.78 Å². The topological polar surface area (TPSA) is 74.4 Å². The van der Waals surface area contributed by atoms with E-state index in [2.05, 4.69) is 9.72 Å². The number of alkyl halides is 2. The Morgan fingerprint density at radius 3 is 2.59 bits per heavy atom. The average molecular weight is 246 g/mol. The molecule has 7 heteroatoms. The van der Waals surface area contributed by atoms with Gasteiger partial charge in [-0.05, 0) is 0 Å². The molecular weight excluding hydrogens is 234 g/mol. The number of rotatable bonds is 4. The lowest BCUT2D eigenvalue weighted by Gasteiger charge is -2.14. The Labute approximate surface area is 96.5 Å². The molecule has 0 saturated heterocycles. The molecule has 0 aliphatic heterocycles. The van der Waals surface area contributed by atoms with Crippen LogP contribution in [0.15, 0.2) is 6.20 Å². The van der Waals surface area contributed by atoms with Crippen molar-refractivity contribution in [3.05, 3.63) is 22.9 Å². The first-order valence-electron chi connectivity index (χ1n) is 4.69. The highest BCUT2D eigenvalue weighted by molar-refractivity contribution is 5.91. The molecule has 0 saturated carbocycles. The van der Waals surface area contributed by atoms with E-state index in [0.29, 0.717) is 0 Å². The molecule has 1 rings (SSSR count). The fourth-order valence-corrected chi connectivity index (χ4v) is 1.44. The molecule has 1 aromatic rings. The van der Waals surface area contributed by atoms with E-state index in [1.54, 1.807) is 0 Å². The predicted molar refractivity (Wildman–Crippen MR) is 55.0 cm³/mol. The molecule has 0 atom stereocenters. The second-order valence-corrected chi connectivity index (χ2v) is 3.07. The predicted octanol–water partition coefficient (Wildman–Crippen LogP) is 1.27. The normalized spacial score (nSPS) is 10.5. The Morgan fingerprint density at radius 1 is 1.53 bits per heavy atom. The van der Waals surface area contributed by atoms with Crippen molar-refractivity contribution in [2.24, 2.45) is 5.73 Å². The van der Waals surface area contributed by atoms with Gasteiger partial charge in [-0.1, -0.05) is 0 Å². The summed E-state index contributed by atoms with van der Waals surface area (Å²) in [5.41, 5.74) is 4.58. The fourth-order valence-electron chi connectivity index (χ4n) is 1.44. The number of ether oxygens (including phenoxy) is 2. The van der Waals surface area contributed by atoms with Gasteiger partial charge in [-0.25, -0.2) is 18.6 Å². The molecule has 17 heavy (non-hydrogen) atoms. The summed E-state index contributed by atoms with van der Waals surface area (Å²) in [7, 11) is 2.39. The van der Waals surface area contributed by atoms with Gasteiger partial charge >= 0.3 is 5.97 Å². The van der Waals surface area contributed by atoms with Gasteiger partial charge < -0.3 is 15.2 Å². The number of carbonyl (C=O) groups excluding carboxylic acids is 1. The van der Waals surface area contributed by atoms with E-state index < -0.39 is 18.0 Å². The SMILES string of the molecule is COC(=O)c1cnc(OC)c(CN)c1C(F)F. The Bertz CT molecular complexity index is 424. The number of halogens is 2. The maximum Gasteiger partial charge on any atom is 0.339 e. The van der Waals surface area contributed by atoms with Crippen molar-refractivity contribution >= 4 is 5.97 Å². The van der Waals surface area contributed by atoms with Crippen molar-refractivity contribution in [1.29, 1.82) is 0 Å². The van der Waals surface area contributed by atoms with Crippen molar-refractivity contribution in [1.82, 2.24) is 4.98 Å². The highest BCUT2D eigenvalue weighted by Crippen LogP contribution is 2.31. The minimum absolute atomic E-state index is 0.00500. The van der Waals surface area contributed by atoms with Crippen LogP contribution in [0.25, 0.3) is 0 Å². The second kappa shape index (κ2) is 5.53. The van der Waals surface area contributed by atoms with E-state index in [-0.39, 0.29) is 23.6 Å². The van der Waals surface area contributed by atoms with Crippen LogP contribution in [0.3, 0.4) is 0 Å². The molecular formula is C10H12F2N2O3. The smallest absolute Gasteiger partial charge is 0.339 e. The maximum atomic E-state index is 12.9. The maximum absolute atomic E-state index is 12.9. The second-order valence-electron chi connectivity index (χ2n) is 3.07. The van der Waals surface area contributed by atoms with E-state index in [1.165, 1.54) is 7.11 Å². The van der Waals surface area contributed by atoms with Crippen molar-refractivity contribution in [2.75, 3.05) is 14.2 Å². The minimum atomic E-state index is -2.86. The molecule has 0 unspecified atom stereocenters. The highest BCUT2D eigenvalue weighted by Gasteiger charge is 2.25. The molecule has 0 aliphatic rings. The molecule has 0 radical (unpaired) electrons. The molecule has 0 bridgehead atoms. The Balaban J connectivity index is 3.47. The summed E-state index contributed by atoms with van der Waals surface area (Å²) >= 11 is 0. The fraction of sp³-hybridized carbons (Fsp3) is 0.400. The van der Waals surface area contributed by atoms with Gasteiger partial charge in [0.25, 0.3) is 6.43 Å². The van der Waals surface area contributed by atoms with E-state index in [1.807, 2.05) is 0 Å². The largest absolute Gasteiger partial charge is 0.481 e. The van der Waals surface area contributed by atoms with Crippen molar-refractivity contribution in [2.45, 2.75) is 13.0 Å². The number of methoxy groups -OCH3 is 2. The third-order valence-corrected chi connectivity index (χ3v) is 2.21. The summed E-state index contributed by atoms with van der Waals surface area (Å²) in [5, 5.41) is 0. The van der Waals surface area contributed by atoms with Crippen LogP contribution < -0.4 is 10.5 Å². The van der Waals surface area contributed by atoms with Crippen LogP contribution in [0.1, 0.15) is 27.9 Å². The van der Waals surface area contributed by atoms with Gasteiger partial charge in [0.2, 0.25) is 5.88 Å². The van der Waals surface area contributed by atoms with Crippen LogP contribution in [0, 0.1) is 0 Å². The van der Waals surface area contributed by atoms with E-state index in [0.717, 1.165) is 13.3 Å². The molecule has 0 aliphatic carbocycles. The molecule has 0 aromatic carbocycles. The van der Waals surface area contributed by atoms with Gasteiger partial charge in [-0.3, -0.25) is 0 Å². The summed E-state index contributed by atoms with van der Waals surface area (Å²) in [5.74, 6) is -0.902. The zero-order chi connectivity index (χ0) is 13.0. The van der Waals surface area contributed by atoms with Gasteiger partial charge in [-0.2, -0.15) is 0 Å². The van der Waals surface area contributed by atoms with E-state index in [9.17, 15) is 13.6 Å². The molecule has 1 heterocycles. The summed E-state index contributed by atoms with van der Waals surface area (Å²) in [6.07, 6.45) is -1.87. The Kier molecular flexibility index (Phi) is 4.33. The van der Waals surface area contributed by atoms with Crippen LogP contribution in [-0.2, 0) is 11.3 Å². The van der Waals surface area contributed by atoms with E-state index >= 15 is 0 Å². The number of nitrogens with zero attached hydrogens (tertiary/aromatic N) is 1. The summed E-state index contributed by atoms with van der Waals surface area (Å²) in [4.78, 5) is 15.1. The molecule has 0 spiro atoms. The number of carbonyl (C=O) groups is 1. The monoisotopic (exact) mass is 246 g/mol. The number of esters is 1. The standard InChI is InChI=1S/C10H12F2N2O3/c1-16-9-5(3-13)7(8(11)12)6(4-14-9)10(15)17-2/h4,8H,3,13H2,1-2H3. The van der Waals surface area contributed by atoms with Crippen molar-refractivity contribution in [3.8, 4) is 5.88 Å². The molecule has 0 amide bonds. The Morgan fingerprint density at radius 2 is 2.18 bits per heavy atom. The minimum Gasteiger partial charge on any atom is -0.481 e. The first-order valence-corrected chi connectivity index (χ1v) is 4.69. The molecule has 2 N–H and O–H groups in total. The number of hydrogen-bond donors (Lipinski definition) is 1. The zero-order valence-electron chi connectivity index (χ0n) is 9.37. The van der Waals surface area contributed by atoms with Crippen LogP contribution in [0.2, 0.25) is 0 Å². The number of nitrogens with two attached hydrogens (primary N) is 1. The van der Waals surface area contributed by atoms with Crippen LogP contribution >= 0.6 is 0 Å². The summed E-state index contributed by atoms with van der Waals surface area (Å²) in [6, 6.07) is 0. The molecule has 5 nitrogen and oxygen atoms in total. The first-order chi connectivity index (χ1) is 8.06. The van der Waals surface area contributed by atoms with Crippen LogP contribution in [-0.4, -0.2) is 25.2 Å². The lowest BCUT2D eigenvalue weighted by Crippen LogP contribution is -2.13. The number of hydrogen-bond acceptors (Lipinski definition) is 5. The zero-order valence-corrected chi connectivity index (χ0v) is 9.37. The highest BCUT2D eigenvalue weighted by atomic mass is 19.3. The average Bonchev–Trinajstić information content (AvgIpc) is 2.35. The third kappa shape index (κ3) is 2.50. The van der Waals surface area contributed by atoms with Crippen LogP contribution in [0.5, 0.6) is 5.88 Å². The van der Waals surface area contributed by atoms with Crippen molar-refractivity contribution < 1.29 is 23.0 Å². The van der Waals surface area contributed by atoms with Gasteiger partial charge in [0.05, 0.1) is 19.8 Å². The first kappa shape index (κ1) is 13.3. The molecule has 1 aromatic heterocycles. The lowest BCUT2D eigenvalue weighted by atomic mass is 10.0. The van der Waals surface area contributed by atoms with Gasteiger partial charge in [0.1, 0.15) is 0 Å². The lowest BCUT2D eigenvalue weighted by molar-refractivity contribution is 0.0588. The van der Waals surface area contributed by atoms with Gasteiger partial charge in [0, 0.05) is 23.9 Å². The molecule has 0 fully saturated rings. The Hall–Kier alpha value is -1.76. The van der Waals surface area contributed by atoms with E-state index in [4.69, 9.17) is 10.5 Å². The third-order valence-electron chi connectivity index (χ3n) is 2.21. The summed E-state index contributed by atoms with van der Waals surface area (Å²) in [6.45, 7) is -0.208. The van der Waals surface area contributed by atoms with Crippen molar-refractivity contribution in [3.63, 3.8) is 0 Å². The molecule has 94 valence electrons. The number of aromatic nitrogens is 1. The summed E-state index contributed by atoms with van der Waals surface area (Å²) < 4.78 is 35.1. The van der Waals surface area contributed by atoms with Gasteiger partial charge in [-0.15, -0.1) is 0 Å². The van der Waals surface area contributed by atoms with Gasteiger partial charge in [0.15, 0.2) is 0 Å².